The van der Waals surface area contributed by atoms with Crippen LogP contribution in [0.2, 0.25) is 5.02 Å². The molecule has 2 aromatic rings. The molecule has 0 radical (unpaired) electrons. The second-order valence-electron chi connectivity index (χ2n) is 3.63. The second-order valence-corrected chi connectivity index (χ2v) is 4.88. The maximum Gasteiger partial charge on any atom is 0.356 e. The zero-order valence-electron chi connectivity index (χ0n) is 9.56. The molecule has 0 atom stereocenters. The number of carbonyl (C=O) groups excluding carboxylic acids is 1. The summed E-state index contributed by atoms with van der Waals surface area (Å²) in [7, 11) is 1.34. The van der Waals surface area contributed by atoms with Crippen molar-refractivity contribution in [1.82, 2.24) is 9.78 Å². The van der Waals surface area contributed by atoms with Crippen LogP contribution < -0.4 is 0 Å². The molecule has 1 aromatic heterocycles. The molecule has 0 saturated heterocycles. The smallest absolute Gasteiger partial charge is 0.356 e. The van der Waals surface area contributed by atoms with Crippen molar-refractivity contribution in [2.75, 3.05) is 7.11 Å². The Kier molecular flexibility index (Phi) is 4.04. The van der Waals surface area contributed by atoms with Gasteiger partial charge in [0.25, 0.3) is 0 Å². The van der Waals surface area contributed by atoms with Crippen molar-refractivity contribution in [3.63, 3.8) is 0 Å². The number of benzene rings is 1. The fourth-order valence-corrected chi connectivity index (χ4v) is 2.20. The van der Waals surface area contributed by atoms with Gasteiger partial charge >= 0.3 is 5.97 Å². The summed E-state index contributed by atoms with van der Waals surface area (Å²) < 4.78 is 6.86. The third-order valence-corrected chi connectivity index (χ3v) is 2.99. The summed E-state index contributed by atoms with van der Waals surface area (Å²) in [6.45, 7) is 0.455. The van der Waals surface area contributed by atoms with Crippen LogP contribution in [0.4, 0.5) is 0 Å². The van der Waals surface area contributed by atoms with E-state index < -0.39 is 5.97 Å². The third kappa shape index (κ3) is 2.91. The number of carbonyl (C=O) groups is 1. The molecule has 0 amide bonds. The van der Waals surface area contributed by atoms with Crippen molar-refractivity contribution in [1.29, 1.82) is 0 Å². The minimum atomic E-state index is -0.421. The van der Waals surface area contributed by atoms with Crippen molar-refractivity contribution in [3.05, 3.63) is 51.2 Å². The monoisotopic (exact) mass is 328 g/mol. The molecule has 18 heavy (non-hydrogen) atoms. The van der Waals surface area contributed by atoms with E-state index in [0.29, 0.717) is 21.9 Å². The van der Waals surface area contributed by atoms with Gasteiger partial charge in [0, 0.05) is 11.1 Å². The molecular weight excluding hydrogens is 320 g/mol. The van der Waals surface area contributed by atoms with E-state index in [-0.39, 0.29) is 0 Å². The lowest BCUT2D eigenvalue weighted by molar-refractivity contribution is 0.0587. The molecule has 0 fully saturated rings. The fraction of sp³-hybridized carbons (Fsp3) is 0.167. The van der Waals surface area contributed by atoms with Crippen LogP contribution in [0.15, 0.2) is 34.9 Å². The van der Waals surface area contributed by atoms with Crippen molar-refractivity contribution in [2.45, 2.75) is 6.54 Å². The van der Waals surface area contributed by atoms with Crippen molar-refractivity contribution < 1.29 is 9.53 Å². The molecule has 0 aliphatic carbocycles. The molecule has 1 heterocycles. The predicted octanol–water partition coefficient (Wildman–Crippen LogP) is 3.13. The van der Waals surface area contributed by atoms with Crippen LogP contribution in [0.1, 0.15) is 16.1 Å². The number of ether oxygens (including phenoxy) is 1. The molecule has 0 saturated carbocycles. The SMILES string of the molecule is COC(=O)c1cc(Br)nn1Cc1cccc(Cl)c1. The topological polar surface area (TPSA) is 44.1 Å². The number of nitrogens with zero attached hydrogens (tertiary/aromatic N) is 2. The van der Waals surface area contributed by atoms with Gasteiger partial charge in [0.1, 0.15) is 10.3 Å². The van der Waals surface area contributed by atoms with Gasteiger partial charge in [0.15, 0.2) is 0 Å². The quantitative estimate of drug-likeness (QED) is 0.813. The van der Waals surface area contributed by atoms with E-state index in [1.165, 1.54) is 7.11 Å². The summed E-state index contributed by atoms with van der Waals surface area (Å²) >= 11 is 9.16. The minimum Gasteiger partial charge on any atom is -0.464 e. The molecule has 0 N–H and O–H groups in total. The van der Waals surface area contributed by atoms with Gasteiger partial charge in [-0.15, -0.1) is 0 Å². The average molecular weight is 330 g/mol. The Labute approximate surface area is 118 Å². The molecule has 0 bridgehead atoms. The van der Waals surface area contributed by atoms with E-state index in [1.54, 1.807) is 16.8 Å². The number of esters is 1. The first kappa shape index (κ1) is 13.1. The van der Waals surface area contributed by atoms with E-state index >= 15 is 0 Å². The molecular formula is C12H10BrClN2O2. The Morgan fingerprint density at radius 1 is 1.50 bits per heavy atom. The van der Waals surface area contributed by atoms with Crippen LogP contribution >= 0.6 is 27.5 Å². The van der Waals surface area contributed by atoms with Gasteiger partial charge in [0.2, 0.25) is 0 Å². The van der Waals surface area contributed by atoms with Crippen LogP contribution in [-0.2, 0) is 11.3 Å². The van der Waals surface area contributed by atoms with Crippen LogP contribution in [0.3, 0.4) is 0 Å². The Bertz CT molecular complexity index is 583. The average Bonchev–Trinajstić information content (AvgIpc) is 2.69. The third-order valence-electron chi connectivity index (χ3n) is 2.37. The van der Waals surface area contributed by atoms with Gasteiger partial charge in [-0.1, -0.05) is 23.7 Å². The second kappa shape index (κ2) is 5.54. The first-order valence-electron chi connectivity index (χ1n) is 5.16. The fourth-order valence-electron chi connectivity index (χ4n) is 1.58. The first-order valence-corrected chi connectivity index (χ1v) is 6.33. The Balaban J connectivity index is 2.31. The van der Waals surface area contributed by atoms with Gasteiger partial charge in [-0.05, 0) is 33.6 Å². The highest BCUT2D eigenvalue weighted by atomic mass is 79.9. The normalized spacial score (nSPS) is 10.4. The summed E-state index contributed by atoms with van der Waals surface area (Å²) in [5.74, 6) is -0.421. The number of halogens is 2. The van der Waals surface area contributed by atoms with Crippen molar-refractivity contribution >= 4 is 33.5 Å². The highest BCUT2D eigenvalue weighted by Crippen LogP contribution is 2.16. The largest absolute Gasteiger partial charge is 0.464 e. The molecule has 6 heteroatoms. The van der Waals surface area contributed by atoms with Gasteiger partial charge in [-0.3, -0.25) is 4.68 Å². The summed E-state index contributed by atoms with van der Waals surface area (Å²) in [6, 6.07) is 9.02. The van der Waals surface area contributed by atoms with Crippen LogP contribution in [-0.4, -0.2) is 22.9 Å². The van der Waals surface area contributed by atoms with Crippen LogP contribution in [0, 0.1) is 0 Å². The van der Waals surface area contributed by atoms with E-state index in [9.17, 15) is 4.79 Å². The molecule has 1 aromatic carbocycles. The van der Waals surface area contributed by atoms with Crippen molar-refractivity contribution in [2.24, 2.45) is 0 Å². The molecule has 0 aliphatic heterocycles. The zero-order chi connectivity index (χ0) is 13.1. The van der Waals surface area contributed by atoms with Crippen LogP contribution in [0.5, 0.6) is 0 Å². The maximum absolute atomic E-state index is 11.6. The summed E-state index contributed by atoms with van der Waals surface area (Å²) in [5.41, 5.74) is 1.35. The summed E-state index contributed by atoms with van der Waals surface area (Å²) in [4.78, 5) is 11.6. The maximum atomic E-state index is 11.6. The number of hydrogen-bond acceptors (Lipinski definition) is 3. The lowest BCUT2D eigenvalue weighted by Gasteiger charge is -2.06. The van der Waals surface area contributed by atoms with E-state index in [2.05, 4.69) is 21.0 Å². The minimum absolute atomic E-state index is 0.393. The van der Waals surface area contributed by atoms with E-state index in [1.807, 2.05) is 18.2 Å². The molecule has 94 valence electrons. The Morgan fingerprint density at radius 3 is 2.94 bits per heavy atom. The number of aromatic nitrogens is 2. The van der Waals surface area contributed by atoms with E-state index in [0.717, 1.165) is 5.56 Å². The molecule has 0 spiro atoms. The van der Waals surface area contributed by atoms with Gasteiger partial charge in [0.05, 0.1) is 13.7 Å². The van der Waals surface area contributed by atoms with Crippen molar-refractivity contribution in [3.8, 4) is 0 Å². The van der Waals surface area contributed by atoms with Gasteiger partial charge in [-0.2, -0.15) is 5.10 Å². The standard InChI is InChI=1S/C12H10BrClN2O2/c1-18-12(17)10-6-11(13)15-16(10)7-8-3-2-4-9(14)5-8/h2-6H,7H2,1H3. The first-order chi connectivity index (χ1) is 8.60. The molecule has 2 rings (SSSR count). The summed E-state index contributed by atoms with van der Waals surface area (Å²) in [5, 5.41) is 4.85. The van der Waals surface area contributed by atoms with Gasteiger partial charge in [-0.25, -0.2) is 4.79 Å². The number of hydrogen-bond donors (Lipinski definition) is 0. The Morgan fingerprint density at radius 2 is 2.28 bits per heavy atom. The lowest BCUT2D eigenvalue weighted by Crippen LogP contribution is -2.12. The van der Waals surface area contributed by atoms with E-state index in [4.69, 9.17) is 16.3 Å². The number of methoxy groups -OCH3 is 1. The number of rotatable bonds is 3. The zero-order valence-corrected chi connectivity index (χ0v) is 11.9. The van der Waals surface area contributed by atoms with Crippen LogP contribution in [0.25, 0.3) is 0 Å². The molecule has 0 aliphatic rings. The van der Waals surface area contributed by atoms with Gasteiger partial charge < -0.3 is 4.74 Å². The predicted molar refractivity (Wildman–Crippen MR) is 71.8 cm³/mol. The summed E-state index contributed by atoms with van der Waals surface area (Å²) in [6.07, 6.45) is 0. The Hall–Kier alpha value is -1.33. The molecule has 0 unspecified atom stereocenters. The highest BCUT2D eigenvalue weighted by molar-refractivity contribution is 9.10. The lowest BCUT2D eigenvalue weighted by atomic mass is 10.2. The highest BCUT2D eigenvalue weighted by Gasteiger charge is 2.15. The molecule has 4 nitrogen and oxygen atoms in total.